The first kappa shape index (κ1) is 10.6. The van der Waals surface area contributed by atoms with Crippen LogP contribution in [-0.4, -0.2) is 39.6 Å². The highest BCUT2D eigenvalue weighted by Gasteiger charge is 2.22. The summed E-state index contributed by atoms with van der Waals surface area (Å²) < 4.78 is 0. The van der Waals surface area contributed by atoms with Gasteiger partial charge >= 0.3 is 0 Å². The molecule has 0 saturated heterocycles. The quantitative estimate of drug-likeness (QED) is 0.608. The lowest BCUT2D eigenvalue weighted by molar-refractivity contribution is -0.121. The van der Waals surface area contributed by atoms with Crippen molar-refractivity contribution in [3.05, 3.63) is 12.2 Å². The molecule has 1 aromatic rings. The molecule has 2 amide bonds. The minimum atomic E-state index is -0.350. The Morgan fingerprint density at radius 1 is 1.50 bits per heavy atom. The number of carbonyl (C=O) groups excluding carboxylic acids is 2. The zero-order valence-electron chi connectivity index (χ0n) is 8.69. The van der Waals surface area contributed by atoms with Gasteiger partial charge in [-0.15, -0.1) is 0 Å². The molecule has 2 rings (SSSR count). The molecule has 0 atom stereocenters. The molecule has 0 radical (unpaired) electrons. The Kier molecular flexibility index (Phi) is 3.13. The third-order valence-electron chi connectivity index (χ3n) is 2.21. The molecule has 0 unspecified atom stereocenters. The third-order valence-corrected chi connectivity index (χ3v) is 2.21. The van der Waals surface area contributed by atoms with Crippen molar-refractivity contribution in [2.24, 2.45) is 0 Å². The van der Waals surface area contributed by atoms with E-state index in [1.165, 1.54) is 6.33 Å². The average molecular weight is 223 g/mol. The van der Waals surface area contributed by atoms with Crippen LogP contribution in [0.5, 0.6) is 0 Å². The Morgan fingerprint density at radius 2 is 2.31 bits per heavy atom. The maximum Gasteiger partial charge on any atom is 0.288 e. The van der Waals surface area contributed by atoms with Crippen LogP contribution in [0, 0.1) is 0 Å². The van der Waals surface area contributed by atoms with Crippen LogP contribution in [0.2, 0.25) is 0 Å². The monoisotopic (exact) mass is 223 g/mol. The van der Waals surface area contributed by atoms with Crippen LogP contribution in [0.25, 0.3) is 0 Å². The van der Waals surface area contributed by atoms with E-state index in [4.69, 9.17) is 0 Å². The lowest BCUT2D eigenvalue weighted by Gasteiger charge is -2.03. The molecule has 0 spiro atoms. The molecule has 0 aliphatic heterocycles. The van der Waals surface area contributed by atoms with Gasteiger partial charge < -0.3 is 10.6 Å². The van der Waals surface area contributed by atoms with Crippen LogP contribution in [0.4, 0.5) is 0 Å². The zero-order chi connectivity index (χ0) is 11.4. The number of hydrogen-bond donors (Lipinski definition) is 3. The number of aromatic amines is 1. The largest absolute Gasteiger partial charge is 0.353 e. The van der Waals surface area contributed by atoms with Gasteiger partial charge in [0, 0.05) is 19.0 Å². The molecule has 0 aromatic carbocycles. The molecule has 86 valence electrons. The highest BCUT2D eigenvalue weighted by Crippen LogP contribution is 2.18. The van der Waals surface area contributed by atoms with Crippen LogP contribution in [0.1, 0.15) is 29.9 Å². The van der Waals surface area contributed by atoms with E-state index in [9.17, 15) is 9.59 Å². The Hall–Kier alpha value is -1.92. The molecule has 1 aliphatic carbocycles. The van der Waals surface area contributed by atoms with Gasteiger partial charge in [-0.1, -0.05) is 0 Å². The molecule has 0 bridgehead atoms. The number of aromatic nitrogens is 3. The molecule has 3 N–H and O–H groups in total. The maximum atomic E-state index is 11.3. The van der Waals surface area contributed by atoms with E-state index < -0.39 is 0 Å². The summed E-state index contributed by atoms with van der Waals surface area (Å²) in [5, 5.41) is 11.4. The van der Waals surface area contributed by atoms with E-state index in [0.29, 0.717) is 12.6 Å². The van der Waals surface area contributed by atoms with Gasteiger partial charge in [-0.05, 0) is 12.8 Å². The molecule has 7 heteroatoms. The fourth-order valence-electron chi connectivity index (χ4n) is 1.22. The predicted octanol–water partition coefficient (Wildman–Crippen LogP) is -0.797. The highest BCUT2D eigenvalue weighted by molar-refractivity contribution is 5.90. The Balaban J connectivity index is 1.63. The van der Waals surface area contributed by atoms with Crippen LogP contribution in [-0.2, 0) is 4.79 Å². The molecule has 1 aromatic heterocycles. The van der Waals surface area contributed by atoms with Gasteiger partial charge in [0.15, 0.2) is 0 Å². The number of nitrogens with zero attached hydrogens (tertiary/aromatic N) is 2. The van der Waals surface area contributed by atoms with Gasteiger partial charge in [-0.3, -0.25) is 14.7 Å². The summed E-state index contributed by atoms with van der Waals surface area (Å²) in [4.78, 5) is 26.3. The molecule has 16 heavy (non-hydrogen) atoms. The first-order valence-corrected chi connectivity index (χ1v) is 5.18. The summed E-state index contributed by atoms with van der Waals surface area (Å²) in [6, 6.07) is 0.359. The van der Waals surface area contributed by atoms with Crippen LogP contribution >= 0.6 is 0 Å². The summed E-state index contributed by atoms with van der Waals surface area (Å²) in [7, 11) is 0. The van der Waals surface area contributed by atoms with Gasteiger partial charge in [0.05, 0.1) is 0 Å². The fraction of sp³-hybridized carbons (Fsp3) is 0.556. The lowest BCUT2D eigenvalue weighted by atomic mass is 10.4. The smallest absolute Gasteiger partial charge is 0.288 e. The number of amides is 2. The first-order valence-electron chi connectivity index (χ1n) is 5.18. The van der Waals surface area contributed by atoms with Crippen LogP contribution < -0.4 is 10.6 Å². The summed E-state index contributed by atoms with van der Waals surface area (Å²) in [5.74, 6) is -0.223. The van der Waals surface area contributed by atoms with Crippen molar-refractivity contribution < 1.29 is 9.59 Å². The number of rotatable bonds is 5. The lowest BCUT2D eigenvalue weighted by Crippen LogP contribution is -2.32. The second-order valence-corrected chi connectivity index (χ2v) is 3.68. The van der Waals surface area contributed by atoms with Crippen molar-refractivity contribution in [3.8, 4) is 0 Å². The third kappa shape index (κ3) is 3.04. The van der Waals surface area contributed by atoms with Gasteiger partial charge in [0.1, 0.15) is 6.33 Å². The van der Waals surface area contributed by atoms with Crippen molar-refractivity contribution in [2.45, 2.75) is 25.3 Å². The highest BCUT2D eigenvalue weighted by atomic mass is 16.2. The van der Waals surface area contributed by atoms with Gasteiger partial charge in [-0.2, -0.15) is 5.10 Å². The topological polar surface area (TPSA) is 99.8 Å². The van der Waals surface area contributed by atoms with E-state index in [-0.39, 0.29) is 24.1 Å². The van der Waals surface area contributed by atoms with E-state index in [0.717, 1.165) is 12.8 Å². The second-order valence-electron chi connectivity index (χ2n) is 3.68. The van der Waals surface area contributed by atoms with Crippen molar-refractivity contribution in [1.29, 1.82) is 0 Å². The molecular formula is C9H13N5O2. The zero-order valence-corrected chi connectivity index (χ0v) is 8.69. The summed E-state index contributed by atoms with van der Waals surface area (Å²) >= 11 is 0. The number of carbonyl (C=O) groups is 2. The van der Waals surface area contributed by atoms with Crippen LogP contribution in [0.15, 0.2) is 6.33 Å². The Bertz CT molecular complexity index is 371. The first-order chi connectivity index (χ1) is 7.75. The minimum absolute atomic E-state index is 0.0274. The normalized spacial score (nSPS) is 14.5. The average Bonchev–Trinajstić information content (AvgIpc) is 2.90. The van der Waals surface area contributed by atoms with Gasteiger partial charge in [0.25, 0.3) is 5.91 Å². The SMILES string of the molecule is O=C(CCNC(=O)c1ncn[nH]1)NC1CC1. The molecule has 7 nitrogen and oxygen atoms in total. The summed E-state index contributed by atoms with van der Waals surface area (Å²) in [6.07, 6.45) is 3.68. The molecule has 1 heterocycles. The molecule has 1 fully saturated rings. The minimum Gasteiger partial charge on any atom is -0.353 e. The maximum absolute atomic E-state index is 11.3. The summed E-state index contributed by atoms with van der Waals surface area (Å²) in [6.45, 7) is 0.304. The number of nitrogens with one attached hydrogen (secondary N) is 3. The number of hydrogen-bond acceptors (Lipinski definition) is 4. The van der Waals surface area contributed by atoms with Crippen molar-refractivity contribution >= 4 is 11.8 Å². The van der Waals surface area contributed by atoms with Gasteiger partial charge in [-0.25, -0.2) is 4.98 Å². The second kappa shape index (κ2) is 4.73. The molecule has 1 aliphatic rings. The van der Waals surface area contributed by atoms with Gasteiger partial charge in [0.2, 0.25) is 11.7 Å². The van der Waals surface area contributed by atoms with E-state index in [1.807, 2.05) is 0 Å². The molecule has 1 saturated carbocycles. The van der Waals surface area contributed by atoms with Crippen LogP contribution in [0.3, 0.4) is 0 Å². The Labute approximate surface area is 92.0 Å². The fourth-order valence-corrected chi connectivity index (χ4v) is 1.22. The van der Waals surface area contributed by atoms with E-state index >= 15 is 0 Å². The van der Waals surface area contributed by atoms with Crippen molar-refractivity contribution in [1.82, 2.24) is 25.8 Å². The van der Waals surface area contributed by atoms with E-state index in [1.54, 1.807) is 0 Å². The molecular weight excluding hydrogens is 210 g/mol. The van der Waals surface area contributed by atoms with Crippen molar-refractivity contribution in [3.63, 3.8) is 0 Å². The number of H-pyrrole nitrogens is 1. The Morgan fingerprint density at radius 3 is 2.94 bits per heavy atom. The standard InChI is InChI=1S/C9H13N5O2/c15-7(13-6-1-2-6)3-4-10-9(16)8-11-5-12-14-8/h5-6H,1-4H2,(H,10,16)(H,13,15)(H,11,12,14). The summed E-state index contributed by atoms with van der Waals surface area (Å²) in [5.41, 5.74) is 0. The predicted molar refractivity (Wildman–Crippen MR) is 54.5 cm³/mol. The van der Waals surface area contributed by atoms with Crippen molar-refractivity contribution in [2.75, 3.05) is 6.54 Å². The van der Waals surface area contributed by atoms with E-state index in [2.05, 4.69) is 25.8 Å².